The second-order valence-corrected chi connectivity index (χ2v) is 9.21. The second-order valence-electron chi connectivity index (χ2n) is 6.09. The van der Waals surface area contributed by atoms with Crippen molar-refractivity contribution in [1.82, 2.24) is 4.57 Å². The topological polar surface area (TPSA) is 112 Å². The molecule has 10 heteroatoms. The molecule has 0 saturated carbocycles. The average Bonchev–Trinajstić information content (AvgIpc) is 2.97. The maximum Gasteiger partial charge on any atom is 0.271 e. The van der Waals surface area contributed by atoms with E-state index in [0.717, 1.165) is 4.70 Å². The van der Waals surface area contributed by atoms with Gasteiger partial charge >= 0.3 is 0 Å². The minimum atomic E-state index is -3.43. The Kier molecular flexibility index (Phi) is 5.71. The van der Waals surface area contributed by atoms with Crippen molar-refractivity contribution in [2.45, 2.75) is 17.7 Å². The van der Waals surface area contributed by atoms with Gasteiger partial charge in [-0.1, -0.05) is 29.5 Å². The van der Waals surface area contributed by atoms with Crippen LogP contribution in [0.5, 0.6) is 0 Å². The molecule has 3 aromatic rings. The number of amides is 1. The molecule has 0 saturated heterocycles. The van der Waals surface area contributed by atoms with E-state index in [1.807, 2.05) is 0 Å². The van der Waals surface area contributed by atoms with Crippen LogP contribution in [0.25, 0.3) is 10.2 Å². The van der Waals surface area contributed by atoms with Gasteiger partial charge in [0, 0.05) is 25.6 Å². The number of aryl methyl sites for hydroxylation is 1. The van der Waals surface area contributed by atoms with Gasteiger partial charge in [-0.3, -0.25) is 14.9 Å². The molecule has 0 spiro atoms. The molecule has 28 heavy (non-hydrogen) atoms. The Balaban J connectivity index is 1.73. The number of nitro groups is 1. The Labute approximate surface area is 164 Å². The Morgan fingerprint density at radius 1 is 1.21 bits per heavy atom. The lowest BCUT2D eigenvalue weighted by molar-refractivity contribution is -0.384. The van der Waals surface area contributed by atoms with E-state index < -0.39 is 20.7 Å². The number of aromatic nitrogens is 1. The summed E-state index contributed by atoms with van der Waals surface area (Å²) in [6.45, 7) is 0. The fraction of sp³-hybridized carbons (Fsp3) is 0.222. The normalized spacial score (nSPS) is 12.4. The highest BCUT2D eigenvalue weighted by Crippen LogP contribution is 2.22. The van der Waals surface area contributed by atoms with Gasteiger partial charge in [-0.05, 0) is 24.6 Å². The number of benzene rings is 2. The number of rotatable bonds is 6. The number of nitro benzene ring substituents is 1. The van der Waals surface area contributed by atoms with Crippen LogP contribution < -0.4 is 4.80 Å². The van der Waals surface area contributed by atoms with Crippen LogP contribution in [-0.4, -0.2) is 29.6 Å². The van der Waals surface area contributed by atoms with Gasteiger partial charge in [0.05, 0.1) is 25.8 Å². The molecule has 0 radical (unpaired) electrons. The van der Waals surface area contributed by atoms with Crippen molar-refractivity contribution >= 4 is 43.0 Å². The average molecular weight is 419 g/mol. The quantitative estimate of drug-likeness (QED) is 0.450. The molecule has 3 rings (SSSR count). The molecule has 1 amide bonds. The van der Waals surface area contributed by atoms with Crippen LogP contribution in [0, 0.1) is 10.1 Å². The number of hydrogen-bond donors (Lipinski definition) is 0. The molecule has 0 N–H and O–H groups in total. The van der Waals surface area contributed by atoms with Crippen molar-refractivity contribution < 1.29 is 18.1 Å². The SMILES string of the molecule is Cn1c(=NC(=O)CCCS(=O)(=O)c2ccccc2)sc2ccc([N+](=O)[O-])cc21. The lowest BCUT2D eigenvalue weighted by atomic mass is 10.3. The Bertz CT molecular complexity index is 1210. The first-order chi connectivity index (χ1) is 13.3. The summed E-state index contributed by atoms with van der Waals surface area (Å²) in [6.07, 6.45) is 0.167. The third-order valence-corrected chi connectivity index (χ3v) is 7.06. The maximum atomic E-state index is 12.2. The van der Waals surface area contributed by atoms with E-state index in [1.54, 1.807) is 35.9 Å². The van der Waals surface area contributed by atoms with Crippen LogP contribution in [0.15, 0.2) is 58.4 Å². The van der Waals surface area contributed by atoms with E-state index >= 15 is 0 Å². The molecule has 1 aromatic heterocycles. The molecule has 146 valence electrons. The molecule has 8 nitrogen and oxygen atoms in total. The number of hydrogen-bond acceptors (Lipinski definition) is 6. The van der Waals surface area contributed by atoms with Crippen molar-refractivity contribution in [3.8, 4) is 0 Å². The van der Waals surface area contributed by atoms with E-state index in [9.17, 15) is 23.3 Å². The van der Waals surface area contributed by atoms with Crippen molar-refractivity contribution in [3.05, 3.63) is 63.4 Å². The number of thiazole rings is 1. The third kappa shape index (κ3) is 4.34. The molecule has 2 aromatic carbocycles. The van der Waals surface area contributed by atoms with E-state index in [4.69, 9.17) is 0 Å². The van der Waals surface area contributed by atoms with Crippen molar-refractivity contribution in [2.24, 2.45) is 12.0 Å². The first-order valence-corrected chi connectivity index (χ1v) is 10.8. The molecule has 1 heterocycles. The molecule has 0 fully saturated rings. The van der Waals surface area contributed by atoms with Gasteiger partial charge in [0.1, 0.15) is 0 Å². The minimum Gasteiger partial charge on any atom is -0.319 e. The van der Waals surface area contributed by atoms with E-state index in [0.29, 0.717) is 10.3 Å². The van der Waals surface area contributed by atoms with Crippen LogP contribution in [0.2, 0.25) is 0 Å². The molecular formula is C18H17N3O5S2. The van der Waals surface area contributed by atoms with Gasteiger partial charge in [0.15, 0.2) is 14.6 Å². The van der Waals surface area contributed by atoms with Gasteiger partial charge < -0.3 is 4.57 Å². The molecule has 0 aliphatic heterocycles. The predicted molar refractivity (Wildman–Crippen MR) is 106 cm³/mol. The largest absolute Gasteiger partial charge is 0.319 e. The molecule has 0 atom stereocenters. The number of carbonyl (C=O) groups is 1. The maximum absolute atomic E-state index is 12.2. The first-order valence-electron chi connectivity index (χ1n) is 8.37. The summed E-state index contributed by atoms with van der Waals surface area (Å²) in [6, 6.07) is 12.5. The van der Waals surface area contributed by atoms with Gasteiger partial charge in [0.25, 0.3) is 5.69 Å². The summed E-state index contributed by atoms with van der Waals surface area (Å²) in [4.78, 5) is 27.3. The summed E-state index contributed by atoms with van der Waals surface area (Å²) < 4.78 is 26.8. The molecule has 0 bridgehead atoms. The zero-order valence-corrected chi connectivity index (χ0v) is 16.6. The lowest BCUT2D eigenvalue weighted by Crippen LogP contribution is -2.14. The summed E-state index contributed by atoms with van der Waals surface area (Å²) in [5, 5.41) is 10.9. The molecular weight excluding hydrogens is 402 g/mol. The Morgan fingerprint density at radius 3 is 2.61 bits per heavy atom. The number of carbonyl (C=O) groups excluding carboxylic acids is 1. The summed E-state index contributed by atoms with van der Waals surface area (Å²) >= 11 is 1.24. The lowest BCUT2D eigenvalue weighted by Gasteiger charge is -2.02. The zero-order chi connectivity index (χ0) is 20.3. The molecule has 0 aliphatic carbocycles. The second kappa shape index (κ2) is 8.03. The fourth-order valence-corrected chi connectivity index (χ4v) is 5.00. The van der Waals surface area contributed by atoms with Crippen molar-refractivity contribution in [3.63, 3.8) is 0 Å². The van der Waals surface area contributed by atoms with E-state index in [1.165, 1.54) is 35.6 Å². The number of sulfone groups is 1. The molecule has 0 aliphatic rings. The first kappa shape index (κ1) is 19.9. The van der Waals surface area contributed by atoms with Crippen LogP contribution >= 0.6 is 11.3 Å². The Hall–Kier alpha value is -2.85. The standard InChI is InChI=1S/C18H17N3O5S2/c1-20-15-12-13(21(23)24)9-10-16(15)27-18(20)19-17(22)8-5-11-28(25,26)14-6-3-2-4-7-14/h2-4,6-7,9-10,12H,5,8,11H2,1H3. The fourth-order valence-electron chi connectivity index (χ4n) is 2.66. The monoisotopic (exact) mass is 419 g/mol. The van der Waals surface area contributed by atoms with E-state index in [-0.39, 0.29) is 29.2 Å². The number of fused-ring (bicyclic) bond motifs is 1. The highest BCUT2D eigenvalue weighted by molar-refractivity contribution is 7.91. The van der Waals surface area contributed by atoms with E-state index in [2.05, 4.69) is 4.99 Å². The highest BCUT2D eigenvalue weighted by Gasteiger charge is 2.15. The van der Waals surface area contributed by atoms with Crippen LogP contribution in [0.1, 0.15) is 12.8 Å². The third-order valence-electron chi connectivity index (χ3n) is 4.13. The molecule has 0 unspecified atom stereocenters. The van der Waals surface area contributed by atoms with Crippen LogP contribution in [0.3, 0.4) is 0 Å². The van der Waals surface area contributed by atoms with Crippen LogP contribution in [0.4, 0.5) is 5.69 Å². The van der Waals surface area contributed by atoms with Crippen molar-refractivity contribution in [2.75, 3.05) is 5.75 Å². The zero-order valence-electron chi connectivity index (χ0n) is 14.9. The predicted octanol–water partition coefficient (Wildman–Crippen LogP) is 2.83. The van der Waals surface area contributed by atoms with Gasteiger partial charge in [0.2, 0.25) is 5.91 Å². The van der Waals surface area contributed by atoms with Crippen molar-refractivity contribution in [1.29, 1.82) is 0 Å². The van der Waals surface area contributed by atoms with Crippen LogP contribution in [-0.2, 0) is 21.7 Å². The minimum absolute atomic E-state index is 0.000453. The van der Waals surface area contributed by atoms with Gasteiger partial charge in [-0.2, -0.15) is 4.99 Å². The highest BCUT2D eigenvalue weighted by atomic mass is 32.2. The Morgan fingerprint density at radius 2 is 1.93 bits per heavy atom. The summed E-state index contributed by atoms with van der Waals surface area (Å²) in [5.74, 6) is -0.567. The van der Waals surface area contributed by atoms with Gasteiger partial charge in [-0.15, -0.1) is 0 Å². The number of non-ortho nitro benzene ring substituents is 1. The summed E-state index contributed by atoms with van der Waals surface area (Å²) in [5.41, 5.74) is 0.572. The summed E-state index contributed by atoms with van der Waals surface area (Å²) in [7, 11) is -1.76. The van der Waals surface area contributed by atoms with Gasteiger partial charge in [-0.25, -0.2) is 8.42 Å². The smallest absolute Gasteiger partial charge is 0.271 e. The number of nitrogens with zero attached hydrogens (tertiary/aromatic N) is 3.